The Labute approximate surface area is 97.9 Å². The molecule has 1 rings (SSSR count). The molecule has 0 saturated carbocycles. The highest BCUT2D eigenvalue weighted by molar-refractivity contribution is 7.91. The lowest BCUT2D eigenvalue weighted by Gasteiger charge is -2.19. The minimum Gasteiger partial charge on any atom is -0.306 e. The van der Waals surface area contributed by atoms with Gasteiger partial charge in [-0.25, -0.2) is 8.42 Å². The van der Waals surface area contributed by atoms with Gasteiger partial charge in [-0.15, -0.1) is 0 Å². The number of hydrogen-bond donors (Lipinski definition) is 0. The number of rotatable bonds is 7. The number of alkyl halides is 1. The average molecular weight is 251 g/mol. The van der Waals surface area contributed by atoms with Crippen molar-refractivity contribution in [2.45, 2.75) is 25.7 Å². The van der Waals surface area contributed by atoms with Crippen LogP contribution >= 0.6 is 0 Å². The first kappa shape index (κ1) is 13.9. The maximum absolute atomic E-state index is 11.9. The molecule has 1 aliphatic rings. The first-order valence-corrected chi connectivity index (χ1v) is 7.80. The van der Waals surface area contributed by atoms with E-state index in [0.717, 1.165) is 32.4 Å². The van der Waals surface area contributed by atoms with E-state index >= 15 is 0 Å². The molecule has 0 aromatic rings. The van der Waals surface area contributed by atoms with Crippen LogP contribution in [0, 0.1) is 5.92 Å². The molecule has 16 heavy (non-hydrogen) atoms. The number of hydrogen-bond acceptors (Lipinski definition) is 3. The van der Waals surface area contributed by atoms with Crippen molar-refractivity contribution in [3.8, 4) is 0 Å². The van der Waals surface area contributed by atoms with E-state index in [1.54, 1.807) is 0 Å². The number of nitrogens with zero attached hydrogens (tertiary/aromatic N) is 1. The Morgan fingerprint density at radius 3 is 2.62 bits per heavy atom. The van der Waals surface area contributed by atoms with Crippen molar-refractivity contribution in [2.75, 3.05) is 38.3 Å². The summed E-state index contributed by atoms with van der Waals surface area (Å²) < 4.78 is 34.4. The zero-order valence-electron chi connectivity index (χ0n) is 9.99. The van der Waals surface area contributed by atoms with Crippen molar-refractivity contribution in [1.29, 1.82) is 0 Å². The van der Waals surface area contributed by atoms with Crippen molar-refractivity contribution in [1.82, 2.24) is 4.90 Å². The summed E-state index contributed by atoms with van der Waals surface area (Å²) in [6.07, 6.45) is 3.37. The lowest BCUT2D eigenvalue weighted by atomic mass is 10.1. The summed E-state index contributed by atoms with van der Waals surface area (Å²) in [6.45, 7) is 1.57. The highest BCUT2D eigenvalue weighted by atomic mass is 32.2. The Balaban J connectivity index is 2.13. The predicted octanol–water partition coefficient (Wildman–Crippen LogP) is 1.49. The number of halogens is 1. The van der Waals surface area contributed by atoms with Gasteiger partial charge < -0.3 is 4.90 Å². The minimum atomic E-state index is -2.75. The standard InChI is InChI=1S/C11H22FNO2S/c1-13(7-4-2-3-6-12)9-11-5-8-16(14,15)10-11/h11H,2-10H2,1H3/t11-/m1/s1. The monoisotopic (exact) mass is 251 g/mol. The maximum Gasteiger partial charge on any atom is 0.150 e. The van der Waals surface area contributed by atoms with Gasteiger partial charge in [0.15, 0.2) is 9.84 Å². The van der Waals surface area contributed by atoms with Gasteiger partial charge in [-0.3, -0.25) is 4.39 Å². The molecule has 96 valence electrons. The smallest absolute Gasteiger partial charge is 0.150 e. The summed E-state index contributed by atoms with van der Waals surface area (Å²) in [5.41, 5.74) is 0. The molecule has 3 nitrogen and oxygen atoms in total. The molecule has 0 N–H and O–H groups in total. The molecule has 0 spiro atoms. The van der Waals surface area contributed by atoms with Crippen LogP contribution in [0.15, 0.2) is 0 Å². The highest BCUT2D eigenvalue weighted by Gasteiger charge is 2.28. The number of sulfone groups is 1. The van der Waals surface area contributed by atoms with Gasteiger partial charge in [0, 0.05) is 6.54 Å². The second-order valence-electron chi connectivity index (χ2n) is 4.78. The summed E-state index contributed by atoms with van der Waals surface area (Å²) in [5, 5.41) is 0. The molecule has 0 aromatic carbocycles. The third-order valence-electron chi connectivity index (χ3n) is 3.07. The zero-order chi connectivity index (χ0) is 12.0. The van der Waals surface area contributed by atoms with Crippen LogP contribution in [0.1, 0.15) is 25.7 Å². The molecule has 5 heteroatoms. The largest absolute Gasteiger partial charge is 0.306 e. The van der Waals surface area contributed by atoms with Crippen molar-refractivity contribution >= 4 is 9.84 Å². The van der Waals surface area contributed by atoms with E-state index in [1.165, 1.54) is 0 Å². The Hall–Kier alpha value is -0.160. The first-order chi connectivity index (χ1) is 7.53. The summed E-state index contributed by atoms with van der Waals surface area (Å²) >= 11 is 0. The van der Waals surface area contributed by atoms with E-state index in [0.29, 0.717) is 23.8 Å². The normalized spacial score (nSPS) is 24.1. The third-order valence-corrected chi connectivity index (χ3v) is 4.91. The van der Waals surface area contributed by atoms with Crippen LogP contribution in [0.25, 0.3) is 0 Å². The molecule has 1 saturated heterocycles. The zero-order valence-corrected chi connectivity index (χ0v) is 10.8. The molecule has 1 heterocycles. The van der Waals surface area contributed by atoms with Gasteiger partial charge in [0.25, 0.3) is 0 Å². The minimum absolute atomic E-state index is 0.232. The van der Waals surface area contributed by atoms with Crippen LogP contribution in [0.2, 0.25) is 0 Å². The van der Waals surface area contributed by atoms with E-state index in [-0.39, 0.29) is 6.67 Å². The van der Waals surface area contributed by atoms with E-state index in [1.807, 2.05) is 7.05 Å². The fraction of sp³-hybridized carbons (Fsp3) is 1.00. The van der Waals surface area contributed by atoms with Crippen molar-refractivity contribution in [3.05, 3.63) is 0 Å². The summed E-state index contributed by atoms with van der Waals surface area (Å²) in [5.74, 6) is 1.01. The topological polar surface area (TPSA) is 37.4 Å². The lowest BCUT2D eigenvalue weighted by Crippen LogP contribution is -2.27. The van der Waals surface area contributed by atoms with Gasteiger partial charge in [-0.2, -0.15) is 0 Å². The molecule has 0 radical (unpaired) electrons. The fourth-order valence-electron chi connectivity index (χ4n) is 2.20. The molecule has 0 aliphatic carbocycles. The first-order valence-electron chi connectivity index (χ1n) is 5.98. The van der Waals surface area contributed by atoms with Crippen LogP contribution in [-0.2, 0) is 9.84 Å². The van der Waals surface area contributed by atoms with E-state index < -0.39 is 9.84 Å². The van der Waals surface area contributed by atoms with Gasteiger partial charge in [0.05, 0.1) is 18.2 Å². The van der Waals surface area contributed by atoms with Crippen LogP contribution < -0.4 is 0 Å². The van der Waals surface area contributed by atoms with E-state index in [2.05, 4.69) is 4.90 Å². The Morgan fingerprint density at radius 2 is 2.06 bits per heavy atom. The van der Waals surface area contributed by atoms with Gasteiger partial charge in [0.2, 0.25) is 0 Å². The van der Waals surface area contributed by atoms with Crippen LogP contribution in [-0.4, -0.2) is 51.6 Å². The maximum atomic E-state index is 11.9. The van der Waals surface area contributed by atoms with Crippen molar-refractivity contribution in [3.63, 3.8) is 0 Å². The Bertz CT molecular complexity index is 292. The number of unbranched alkanes of at least 4 members (excludes halogenated alkanes) is 2. The quantitative estimate of drug-likeness (QED) is 0.643. The van der Waals surface area contributed by atoms with Gasteiger partial charge in [0.1, 0.15) is 0 Å². The average Bonchev–Trinajstić information content (AvgIpc) is 2.53. The predicted molar refractivity (Wildman–Crippen MR) is 64.1 cm³/mol. The molecule has 0 amide bonds. The molecule has 0 unspecified atom stereocenters. The molecular weight excluding hydrogens is 229 g/mol. The Kier molecular flexibility index (Phi) is 5.69. The fourth-order valence-corrected chi connectivity index (χ4v) is 4.05. The van der Waals surface area contributed by atoms with Crippen molar-refractivity contribution in [2.24, 2.45) is 5.92 Å². The van der Waals surface area contributed by atoms with E-state index in [4.69, 9.17) is 0 Å². The Morgan fingerprint density at radius 1 is 1.31 bits per heavy atom. The van der Waals surface area contributed by atoms with Gasteiger partial charge >= 0.3 is 0 Å². The molecule has 1 fully saturated rings. The van der Waals surface area contributed by atoms with E-state index in [9.17, 15) is 12.8 Å². The van der Waals surface area contributed by atoms with Crippen LogP contribution in [0.3, 0.4) is 0 Å². The molecule has 1 atom stereocenters. The van der Waals surface area contributed by atoms with Gasteiger partial charge in [-0.1, -0.05) is 0 Å². The molecule has 1 aliphatic heterocycles. The molecular formula is C11H22FNO2S. The second-order valence-corrected chi connectivity index (χ2v) is 7.01. The van der Waals surface area contributed by atoms with Crippen LogP contribution in [0.4, 0.5) is 4.39 Å². The summed E-state index contributed by atoms with van der Waals surface area (Å²) in [6, 6.07) is 0. The summed E-state index contributed by atoms with van der Waals surface area (Å²) in [7, 11) is -0.732. The SMILES string of the molecule is CN(CCCCCF)C[C@H]1CCS(=O)(=O)C1. The molecule has 0 bridgehead atoms. The third kappa shape index (κ3) is 5.25. The second kappa shape index (κ2) is 6.55. The highest BCUT2D eigenvalue weighted by Crippen LogP contribution is 2.19. The van der Waals surface area contributed by atoms with Crippen molar-refractivity contribution < 1.29 is 12.8 Å². The van der Waals surface area contributed by atoms with Crippen LogP contribution in [0.5, 0.6) is 0 Å². The summed E-state index contributed by atoms with van der Waals surface area (Å²) in [4.78, 5) is 2.17. The molecule has 0 aromatic heterocycles. The van der Waals surface area contributed by atoms with Gasteiger partial charge in [-0.05, 0) is 45.2 Å². The lowest BCUT2D eigenvalue weighted by molar-refractivity contribution is 0.280.